The zero-order valence-electron chi connectivity index (χ0n) is 11.0. The van der Waals surface area contributed by atoms with E-state index in [-0.39, 0.29) is 12.3 Å². The van der Waals surface area contributed by atoms with Crippen LogP contribution in [0.1, 0.15) is 29.6 Å². The van der Waals surface area contributed by atoms with Crippen LogP contribution < -0.4 is 10.6 Å². The zero-order valence-corrected chi connectivity index (χ0v) is 12.6. The first-order valence-corrected chi connectivity index (χ1v) is 7.32. The molecule has 6 heteroatoms. The molecule has 1 aromatic rings. The number of halogens is 1. The van der Waals surface area contributed by atoms with E-state index in [1.165, 1.54) is 0 Å². The molecule has 108 valence electrons. The monoisotopic (exact) mass is 340 g/mol. The Morgan fingerprint density at radius 3 is 2.85 bits per heavy atom. The highest BCUT2D eigenvalue weighted by Gasteiger charge is 2.24. The number of aliphatic carboxylic acids is 1. The van der Waals surface area contributed by atoms with Crippen LogP contribution in [0.3, 0.4) is 0 Å². The van der Waals surface area contributed by atoms with Gasteiger partial charge in [-0.05, 0) is 37.0 Å². The molecule has 1 saturated heterocycles. The Hall–Kier alpha value is -1.56. The second-order valence-electron chi connectivity index (χ2n) is 5.08. The first-order chi connectivity index (χ1) is 9.47. The highest BCUT2D eigenvalue weighted by Crippen LogP contribution is 2.30. The van der Waals surface area contributed by atoms with Gasteiger partial charge in [-0.3, -0.25) is 9.59 Å². The number of nitrogens with zero attached hydrogens (tertiary/aromatic N) is 1. The van der Waals surface area contributed by atoms with Crippen LogP contribution in [0, 0.1) is 5.92 Å². The van der Waals surface area contributed by atoms with E-state index >= 15 is 0 Å². The van der Waals surface area contributed by atoms with Crippen molar-refractivity contribution < 1.29 is 14.7 Å². The number of carbonyl (C=O) groups excluding carboxylic acids is 1. The minimum absolute atomic E-state index is 0.112. The van der Waals surface area contributed by atoms with Gasteiger partial charge in [0.25, 0.3) is 5.91 Å². The van der Waals surface area contributed by atoms with Crippen LogP contribution in [0.2, 0.25) is 0 Å². The van der Waals surface area contributed by atoms with Gasteiger partial charge in [-0.2, -0.15) is 0 Å². The van der Waals surface area contributed by atoms with E-state index in [4.69, 9.17) is 10.8 Å². The first kappa shape index (κ1) is 14.8. The van der Waals surface area contributed by atoms with E-state index in [1.54, 1.807) is 12.1 Å². The fourth-order valence-corrected chi connectivity index (χ4v) is 3.02. The normalized spacial score (nSPS) is 18.9. The van der Waals surface area contributed by atoms with Gasteiger partial charge in [0.05, 0.1) is 11.3 Å². The molecule has 5 nitrogen and oxygen atoms in total. The highest BCUT2D eigenvalue weighted by atomic mass is 79.9. The minimum Gasteiger partial charge on any atom is -0.481 e. The van der Waals surface area contributed by atoms with Crippen LogP contribution in [0.5, 0.6) is 0 Å². The lowest BCUT2D eigenvalue weighted by molar-refractivity contribution is -0.138. The molecule has 1 aromatic carbocycles. The number of primary amides is 1. The number of anilines is 1. The second-order valence-corrected chi connectivity index (χ2v) is 5.99. The van der Waals surface area contributed by atoms with Gasteiger partial charge >= 0.3 is 5.97 Å². The zero-order chi connectivity index (χ0) is 14.7. The third-order valence-electron chi connectivity index (χ3n) is 3.55. The fraction of sp³-hybridized carbons (Fsp3) is 0.429. The molecule has 1 atom stereocenters. The van der Waals surface area contributed by atoms with Gasteiger partial charge in [0.2, 0.25) is 0 Å². The van der Waals surface area contributed by atoms with E-state index in [0.29, 0.717) is 12.1 Å². The van der Waals surface area contributed by atoms with E-state index in [9.17, 15) is 9.59 Å². The van der Waals surface area contributed by atoms with Gasteiger partial charge in [-0.15, -0.1) is 0 Å². The first-order valence-electron chi connectivity index (χ1n) is 6.53. The van der Waals surface area contributed by atoms with Crippen molar-refractivity contribution in [1.29, 1.82) is 0 Å². The number of nitrogens with two attached hydrogens (primary N) is 1. The number of hydrogen-bond acceptors (Lipinski definition) is 3. The van der Waals surface area contributed by atoms with Gasteiger partial charge in [-0.1, -0.05) is 15.9 Å². The van der Waals surface area contributed by atoms with Crippen LogP contribution >= 0.6 is 15.9 Å². The van der Waals surface area contributed by atoms with Crippen molar-refractivity contribution in [3.8, 4) is 0 Å². The van der Waals surface area contributed by atoms with Crippen molar-refractivity contribution in [3.05, 3.63) is 28.2 Å². The average Bonchev–Trinajstić information content (AvgIpc) is 2.37. The van der Waals surface area contributed by atoms with E-state index in [0.717, 1.165) is 29.5 Å². The maximum atomic E-state index is 11.5. The number of hydrogen-bond donors (Lipinski definition) is 2. The minimum atomic E-state index is -0.777. The SMILES string of the molecule is NC(=O)c1ccc(Br)cc1N1CCCC(CC(=O)O)C1. The molecule has 20 heavy (non-hydrogen) atoms. The fourth-order valence-electron chi connectivity index (χ4n) is 2.67. The lowest BCUT2D eigenvalue weighted by Crippen LogP contribution is -2.37. The lowest BCUT2D eigenvalue weighted by atomic mass is 9.94. The Kier molecular flexibility index (Phi) is 4.65. The summed E-state index contributed by atoms with van der Waals surface area (Å²) in [5, 5.41) is 8.91. The molecule has 0 radical (unpaired) electrons. The van der Waals surface area contributed by atoms with Crippen molar-refractivity contribution in [1.82, 2.24) is 0 Å². The molecule has 1 heterocycles. The molecule has 2 rings (SSSR count). The molecule has 0 saturated carbocycles. The number of piperidine rings is 1. The lowest BCUT2D eigenvalue weighted by Gasteiger charge is -2.34. The molecule has 1 amide bonds. The van der Waals surface area contributed by atoms with Gasteiger partial charge in [0.15, 0.2) is 0 Å². The number of rotatable bonds is 4. The number of carbonyl (C=O) groups is 2. The number of benzene rings is 1. The predicted octanol–water partition coefficient (Wildman–Crippen LogP) is 2.24. The van der Waals surface area contributed by atoms with E-state index in [1.807, 2.05) is 6.07 Å². The van der Waals surface area contributed by atoms with Crippen molar-refractivity contribution in [2.24, 2.45) is 11.7 Å². The largest absolute Gasteiger partial charge is 0.481 e. The summed E-state index contributed by atoms with van der Waals surface area (Å²) in [5.74, 6) is -1.13. The summed E-state index contributed by atoms with van der Waals surface area (Å²) in [4.78, 5) is 24.4. The number of carboxylic acid groups (broad SMARTS) is 1. The topological polar surface area (TPSA) is 83.6 Å². The summed E-state index contributed by atoms with van der Waals surface area (Å²) in [7, 11) is 0. The third kappa shape index (κ3) is 3.50. The standard InChI is InChI=1S/C14H17BrN2O3/c15-10-3-4-11(14(16)20)12(7-10)17-5-1-2-9(8-17)6-13(18)19/h3-4,7,9H,1-2,5-6,8H2,(H2,16,20)(H,18,19). The Balaban J connectivity index is 2.24. The molecule has 3 N–H and O–H groups in total. The Morgan fingerprint density at radius 2 is 2.20 bits per heavy atom. The number of amides is 1. The van der Waals surface area contributed by atoms with Gasteiger partial charge in [0.1, 0.15) is 0 Å². The van der Waals surface area contributed by atoms with Crippen LogP contribution in [0.4, 0.5) is 5.69 Å². The van der Waals surface area contributed by atoms with Crippen molar-refractivity contribution in [3.63, 3.8) is 0 Å². The summed E-state index contributed by atoms with van der Waals surface area (Å²) in [6, 6.07) is 5.34. The summed E-state index contributed by atoms with van der Waals surface area (Å²) in [5.41, 5.74) is 6.67. The Morgan fingerprint density at radius 1 is 1.45 bits per heavy atom. The quantitative estimate of drug-likeness (QED) is 0.880. The maximum Gasteiger partial charge on any atom is 0.303 e. The van der Waals surface area contributed by atoms with Crippen LogP contribution in [-0.2, 0) is 4.79 Å². The second kappa shape index (κ2) is 6.26. The van der Waals surface area contributed by atoms with E-state index < -0.39 is 11.9 Å². The Labute approximate surface area is 125 Å². The third-order valence-corrected chi connectivity index (χ3v) is 4.04. The summed E-state index contributed by atoms with van der Waals surface area (Å²) >= 11 is 3.39. The molecule has 1 aliphatic heterocycles. The Bertz CT molecular complexity index is 533. The summed E-state index contributed by atoms with van der Waals surface area (Å²) in [6.45, 7) is 1.45. The molecule has 0 bridgehead atoms. The molecular formula is C14H17BrN2O3. The number of carboxylic acids is 1. The van der Waals surface area contributed by atoms with Gasteiger partial charge in [-0.25, -0.2) is 0 Å². The molecular weight excluding hydrogens is 324 g/mol. The smallest absolute Gasteiger partial charge is 0.303 e. The molecule has 0 aliphatic carbocycles. The molecule has 1 fully saturated rings. The van der Waals surface area contributed by atoms with Crippen molar-refractivity contribution >= 4 is 33.5 Å². The van der Waals surface area contributed by atoms with Crippen LogP contribution in [-0.4, -0.2) is 30.1 Å². The van der Waals surface area contributed by atoms with Crippen LogP contribution in [0.25, 0.3) is 0 Å². The van der Waals surface area contributed by atoms with Gasteiger partial charge < -0.3 is 15.7 Å². The van der Waals surface area contributed by atoms with Gasteiger partial charge in [0, 0.05) is 24.0 Å². The molecule has 1 unspecified atom stereocenters. The average molecular weight is 341 g/mol. The molecule has 0 spiro atoms. The summed E-state index contributed by atoms with van der Waals surface area (Å²) in [6.07, 6.45) is 1.99. The van der Waals surface area contributed by atoms with E-state index in [2.05, 4.69) is 20.8 Å². The predicted molar refractivity (Wildman–Crippen MR) is 79.8 cm³/mol. The van der Waals surface area contributed by atoms with Crippen molar-refractivity contribution in [2.45, 2.75) is 19.3 Å². The molecule has 0 aromatic heterocycles. The van der Waals surface area contributed by atoms with Crippen LogP contribution in [0.15, 0.2) is 22.7 Å². The van der Waals surface area contributed by atoms with Crippen molar-refractivity contribution in [2.75, 3.05) is 18.0 Å². The maximum absolute atomic E-state index is 11.5. The summed E-state index contributed by atoms with van der Waals surface area (Å²) < 4.78 is 0.873. The molecule has 1 aliphatic rings. The highest BCUT2D eigenvalue weighted by molar-refractivity contribution is 9.10.